The van der Waals surface area contributed by atoms with Crippen molar-refractivity contribution >= 4 is 22.4 Å². The van der Waals surface area contributed by atoms with Crippen LogP contribution in [0.15, 0.2) is 5.38 Å². The van der Waals surface area contributed by atoms with E-state index in [1.807, 2.05) is 0 Å². The van der Waals surface area contributed by atoms with E-state index in [0.717, 1.165) is 56.0 Å². The molecule has 2 fully saturated rings. The van der Waals surface area contributed by atoms with Gasteiger partial charge in [0.15, 0.2) is 5.13 Å². The maximum absolute atomic E-state index is 12.0. The van der Waals surface area contributed by atoms with Gasteiger partial charge in [-0.15, -0.1) is 11.3 Å². The first-order valence-electron chi connectivity index (χ1n) is 8.83. The van der Waals surface area contributed by atoms with Crippen LogP contribution in [0, 0.1) is 0 Å². The second-order valence-corrected chi connectivity index (χ2v) is 7.71. The fourth-order valence-corrected chi connectivity index (χ4v) is 4.46. The predicted molar refractivity (Wildman–Crippen MR) is 92.9 cm³/mol. The van der Waals surface area contributed by atoms with Crippen LogP contribution >= 0.6 is 11.3 Å². The number of carbonyl (C=O) groups is 1. The summed E-state index contributed by atoms with van der Waals surface area (Å²) in [6.45, 7) is 2.82. The number of hydrogen-bond donors (Lipinski definition) is 2. The maximum Gasteiger partial charge on any atom is 0.222 e. The zero-order chi connectivity index (χ0) is 16.1. The summed E-state index contributed by atoms with van der Waals surface area (Å²) in [4.78, 5) is 19.0. The molecule has 1 aliphatic carbocycles. The van der Waals surface area contributed by atoms with E-state index < -0.39 is 5.60 Å². The first kappa shape index (κ1) is 16.7. The van der Waals surface area contributed by atoms with Crippen LogP contribution in [0.3, 0.4) is 0 Å². The van der Waals surface area contributed by atoms with Gasteiger partial charge in [0.05, 0.1) is 17.7 Å². The number of anilines is 1. The van der Waals surface area contributed by atoms with E-state index in [-0.39, 0.29) is 12.3 Å². The summed E-state index contributed by atoms with van der Waals surface area (Å²) < 4.78 is 0. The van der Waals surface area contributed by atoms with Crippen molar-refractivity contribution < 1.29 is 9.90 Å². The summed E-state index contributed by atoms with van der Waals surface area (Å²) in [6.07, 6.45) is 8.26. The van der Waals surface area contributed by atoms with E-state index >= 15 is 0 Å². The number of thiazole rings is 1. The summed E-state index contributed by atoms with van der Waals surface area (Å²) >= 11 is 1.70. The second kappa shape index (κ2) is 7.62. The van der Waals surface area contributed by atoms with Crippen molar-refractivity contribution in [3.8, 4) is 0 Å². The van der Waals surface area contributed by atoms with Gasteiger partial charge in [-0.2, -0.15) is 0 Å². The maximum atomic E-state index is 12.0. The Morgan fingerprint density at radius 2 is 2.00 bits per heavy atom. The lowest BCUT2D eigenvalue weighted by Crippen LogP contribution is -2.38. The quantitative estimate of drug-likeness (QED) is 0.837. The Kier molecular flexibility index (Phi) is 5.54. The summed E-state index contributed by atoms with van der Waals surface area (Å²) in [5, 5.41) is 16.5. The lowest BCUT2D eigenvalue weighted by molar-refractivity contribution is -0.127. The molecule has 1 aromatic heterocycles. The summed E-state index contributed by atoms with van der Waals surface area (Å²) in [7, 11) is 0. The van der Waals surface area contributed by atoms with E-state index in [9.17, 15) is 9.90 Å². The highest BCUT2D eigenvalue weighted by atomic mass is 32.1. The number of nitrogens with one attached hydrogen (secondary N) is 1. The molecule has 1 aliphatic heterocycles. The highest BCUT2D eigenvalue weighted by Crippen LogP contribution is 2.30. The molecule has 23 heavy (non-hydrogen) atoms. The van der Waals surface area contributed by atoms with Crippen LogP contribution in [0.5, 0.6) is 0 Å². The van der Waals surface area contributed by atoms with Gasteiger partial charge in [0.2, 0.25) is 5.91 Å². The number of hydrogen-bond acceptors (Lipinski definition) is 5. The zero-order valence-corrected chi connectivity index (χ0v) is 14.5. The Morgan fingerprint density at radius 1 is 1.26 bits per heavy atom. The first-order valence-corrected chi connectivity index (χ1v) is 9.71. The smallest absolute Gasteiger partial charge is 0.222 e. The Morgan fingerprint density at radius 3 is 2.74 bits per heavy atom. The molecule has 1 aromatic rings. The number of carbonyl (C=O) groups excluding carboxylic acids is 1. The third kappa shape index (κ3) is 4.67. The van der Waals surface area contributed by atoms with E-state index in [1.54, 1.807) is 11.3 Å². The van der Waals surface area contributed by atoms with Crippen LogP contribution in [-0.4, -0.2) is 41.2 Å². The van der Waals surface area contributed by atoms with E-state index in [1.165, 1.54) is 19.3 Å². The average molecular weight is 337 g/mol. The molecule has 6 heteroatoms. The number of aliphatic hydroxyl groups is 1. The van der Waals surface area contributed by atoms with Crippen molar-refractivity contribution in [2.75, 3.05) is 24.5 Å². The minimum Gasteiger partial charge on any atom is -0.389 e. The molecule has 2 N–H and O–H groups in total. The number of aromatic nitrogens is 1. The number of rotatable bonds is 6. The molecular formula is C17H27N3O2S. The lowest BCUT2D eigenvalue weighted by Gasteiger charge is -2.31. The van der Waals surface area contributed by atoms with Crippen molar-refractivity contribution in [1.29, 1.82) is 0 Å². The van der Waals surface area contributed by atoms with Crippen LogP contribution in [0.1, 0.15) is 57.1 Å². The van der Waals surface area contributed by atoms with Crippen molar-refractivity contribution in [2.45, 2.75) is 63.4 Å². The molecule has 3 rings (SSSR count). The molecule has 5 nitrogen and oxygen atoms in total. The van der Waals surface area contributed by atoms with Crippen molar-refractivity contribution in [3.05, 3.63) is 11.1 Å². The average Bonchev–Trinajstić information content (AvgIpc) is 3.18. The van der Waals surface area contributed by atoms with Crippen LogP contribution < -0.4 is 10.2 Å². The Balaban J connectivity index is 1.39. The molecule has 0 atom stereocenters. The van der Waals surface area contributed by atoms with Crippen LogP contribution in [0.2, 0.25) is 0 Å². The fraction of sp³-hybridized carbons (Fsp3) is 0.765. The van der Waals surface area contributed by atoms with Gasteiger partial charge in [-0.25, -0.2) is 4.98 Å². The van der Waals surface area contributed by atoms with Gasteiger partial charge < -0.3 is 15.3 Å². The standard InChI is InChI=1S/C17H27N3O2S/c21-15(12-17(22)7-2-1-3-8-17)18-9-6-14-13-23-16(19-14)20-10-4-5-11-20/h13,22H,1-12H2,(H,18,21). The molecule has 0 aromatic carbocycles. The van der Waals surface area contributed by atoms with E-state index in [4.69, 9.17) is 0 Å². The van der Waals surface area contributed by atoms with E-state index in [0.29, 0.717) is 6.54 Å². The van der Waals surface area contributed by atoms with Crippen molar-refractivity contribution in [2.24, 2.45) is 0 Å². The van der Waals surface area contributed by atoms with Crippen LogP contribution in [-0.2, 0) is 11.2 Å². The molecule has 0 radical (unpaired) electrons. The van der Waals surface area contributed by atoms with Crippen LogP contribution in [0.4, 0.5) is 5.13 Å². The topological polar surface area (TPSA) is 65.5 Å². The Labute approximate surface area is 142 Å². The summed E-state index contributed by atoms with van der Waals surface area (Å²) in [5.41, 5.74) is 0.278. The molecule has 1 saturated heterocycles. The van der Waals surface area contributed by atoms with Gasteiger partial charge in [-0.1, -0.05) is 19.3 Å². The van der Waals surface area contributed by atoms with Crippen LogP contribution in [0.25, 0.3) is 0 Å². The third-order valence-corrected chi connectivity index (χ3v) is 5.84. The summed E-state index contributed by atoms with van der Waals surface area (Å²) in [6, 6.07) is 0. The van der Waals surface area contributed by atoms with Gasteiger partial charge in [0, 0.05) is 31.4 Å². The van der Waals surface area contributed by atoms with Gasteiger partial charge in [0.25, 0.3) is 0 Å². The fourth-order valence-electron chi connectivity index (χ4n) is 3.54. The molecule has 1 saturated carbocycles. The lowest BCUT2D eigenvalue weighted by atomic mass is 9.82. The molecule has 2 aliphatic rings. The third-order valence-electron chi connectivity index (χ3n) is 4.89. The van der Waals surface area contributed by atoms with Crippen molar-refractivity contribution in [3.63, 3.8) is 0 Å². The van der Waals surface area contributed by atoms with Gasteiger partial charge in [0.1, 0.15) is 0 Å². The highest BCUT2D eigenvalue weighted by Gasteiger charge is 2.31. The van der Waals surface area contributed by atoms with Gasteiger partial charge in [-0.05, 0) is 25.7 Å². The van der Waals surface area contributed by atoms with Gasteiger partial charge >= 0.3 is 0 Å². The Bertz CT molecular complexity index is 520. The Hall–Kier alpha value is -1.14. The predicted octanol–water partition coefficient (Wildman–Crippen LogP) is 2.49. The molecule has 1 amide bonds. The molecule has 0 unspecified atom stereocenters. The normalized spacial score (nSPS) is 20.7. The first-order chi connectivity index (χ1) is 11.1. The second-order valence-electron chi connectivity index (χ2n) is 6.88. The molecule has 0 bridgehead atoms. The molecular weight excluding hydrogens is 310 g/mol. The monoisotopic (exact) mass is 337 g/mol. The molecule has 128 valence electrons. The molecule has 2 heterocycles. The number of nitrogens with zero attached hydrogens (tertiary/aromatic N) is 2. The number of amides is 1. The summed E-state index contributed by atoms with van der Waals surface area (Å²) in [5.74, 6) is -0.0376. The SMILES string of the molecule is O=C(CC1(O)CCCCC1)NCCc1csc(N2CCCC2)n1. The largest absolute Gasteiger partial charge is 0.389 e. The van der Waals surface area contributed by atoms with Gasteiger partial charge in [-0.3, -0.25) is 4.79 Å². The van der Waals surface area contributed by atoms with Crippen molar-refractivity contribution in [1.82, 2.24) is 10.3 Å². The molecule has 0 spiro atoms. The zero-order valence-electron chi connectivity index (χ0n) is 13.7. The minimum atomic E-state index is -0.772. The highest BCUT2D eigenvalue weighted by molar-refractivity contribution is 7.13. The van der Waals surface area contributed by atoms with E-state index in [2.05, 4.69) is 20.6 Å². The minimum absolute atomic E-state index is 0.0376.